The average molecular weight is 353 g/mol. The molecule has 0 saturated heterocycles. The number of aromatic nitrogens is 1. The van der Waals surface area contributed by atoms with Gasteiger partial charge in [-0.2, -0.15) is 0 Å². The molecular formula is C20H27N5O. The van der Waals surface area contributed by atoms with Crippen molar-refractivity contribution in [1.29, 1.82) is 0 Å². The molecule has 0 aliphatic rings. The van der Waals surface area contributed by atoms with Crippen molar-refractivity contribution in [3.05, 3.63) is 66.0 Å². The summed E-state index contributed by atoms with van der Waals surface area (Å²) in [7, 11) is 0. The molecule has 0 spiro atoms. The number of aliphatic imine (C=N–C) groups is 1. The van der Waals surface area contributed by atoms with Gasteiger partial charge in [-0.15, -0.1) is 0 Å². The zero-order valence-electron chi connectivity index (χ0n) is 15.2. The molecule has 0 aliphatic carbocycles. The van der Waals surface area contributed by atoms with E-state index in [1.54, 1.807) is 6.20 Å². The largest absolute Gasteiger partial charge is 0.357 e. The van der Waals surface area contributed by atoms with E-state index in [4.69, 9.17) is 0 Å². The van der Waals surface area contributed by atoms with Crippen LogP contribution in [0.2, 0.25) is 0 Å². The quantitative estimate of drug-likeness (QED) is 0.366. The number of pyridine rings is 1. The maximum atomic E-state index is 11.9. The average Bonchev–Trinajstić information content (AvgIpc) is 2.69. The lowest BCUT2D eigenvalue weighted by Crippen LogP contribution is -2.38. The molecular weight excluding hydrogens is 326 g/mol. The molecule has 1 aromatic heterocycles. The fourth-order valence-electron chi connectivity index (χ4n) is 2.36. The van der Waals surface area contributed by atoms with Crippen LogP contribution in [0.5, 0.6) is 0 Å². The molecule has 1 heterocycles. The monoisotopic (exact) mass is 353 g/mol. The molecule has 6 nitrogen and oxygen atoms in total. The Morgan fingerprint density at radius 2 is 1.81 bits per heavy atom. The van der Waals surface area contributed by atoms with Crippen LogP contribution in [0.15, 0.2) is 59.7 Å². The molecule has 0 bridgehead atoms. The topological polar surface area (TPSA) is 78.4 Å². The molecule has 0 saturated carbocycles. The number of hydrogen-bond acceptors (Lipinski definition) is 3. The summed E-state index contributed by atoms with van der Waals surface area (Å²) in [6.07, 6.45) is 3.44. The second-order valence-electron chi connectivity index (χ2n) is 5.73. The lowest BCUT2D eigenvalue weighted by atomic mass is 10.2. The predicted octanol–water partition coefficient (Wildman–Crippen LogP) is 2.00. The van der Waals surface area contributed by atoms with E-state index in [1.807, 2.05) is 55.5 Å². The van der Waals surface area contributed by atoms with E-state index in [-0.39, 0.29) is 5.91 Å². The van der Waals surface area contributed by atoms with Crippen molar-refractivity contribution in [1.82, 2.24) is 20.9 Å². The molecule has 0 atom stereocenters. The van der Waals surface area contributed by atoms with Crippen molar-refractivity contribution in [2.45, 2.75) is 19.8 Å². The van der Waals surface area contributed by atoms with Crippen molar-refractivity contribution in [2.24, 2.45) is 4.99 Å². The van der Waals surface area contributed by atoms with Gasteiger partial charge in [-0.25, -0.2) is 0 Å². The number of benzene rings is 1. The number of amides is 1. The molecule has 1 aromatic carbocycles. The van der Waals surface area contributed by atoms with E-state index in [9.17, 15) is 4.79 Å². The highest BCUT2D eigenvalue weighted by molar-refractivity contribution is 5.94. The van der Waals surface area contributed by atoms with Crippen LogP contribution in [0.4, 0.5) is 0 Å². The van der Waals surface area contributed by atoms with Gasteiger partial charge in [0.25, 0.3) is 5.91 Å². The highest BCUT2D eigenvalue weighted by atomic mass is 16.1. The molecule has 26 heavy (non-hydrogen) atoms. The summed E-state index contributed by atoms with van der Waals surface area (Å²) in [5.74, 6) is 0.743. The van der Waals surface area contributed by atoms with E-state index in [2.05, 4.69) is 25.9 Å². The van der Waals surface area contributed by atoms with Gasteiger partial charge < -0.3 is 16.0 Å². The van der Waals surface area contributed by atoms with Crippen LogP contribution >= 0.6 is 0 Å². The number of carbonyl (C=O) groups is 1. The van der Waals surface area contributed by atoms with Crippen LogP contribution in [0, 0.1) is 0 Å². The van der Waals surface area contributed by atoms with E-state index in [0.717, 1.165) is 37.6 Å². The second-order valence-corrected chi connectivity index (χ2v) is 5.73. The maximum absolute atomic E-state index is 11.9. The first-order valence-electron chi connectivity index (χ1n) is 9.05. The van der Waals surface area contributed by atoms with Gasteiger partial charge in [0, 0.05) is 50.1 Å². The van der Waals surface area contributed by atoms with Crippen LogP contribution in [0.3, 0.4) is 0 Å². The second kappa shape index (κ2) is 11.6. The molecule has 6 heteroatoms. The minimum absolute atomic E-state index is 0.0463. The van der Waals surface area contributed by atoms with Crippen molar-refractivity contribution < 1.29 is 4.79 Å². The fraction of sp³-hybridized carbons (Fsp3) is 0.350. The van der Waals surface area contributed by atoms with Gasteiger partial charge in [0.15, 0.2) is 5.96 Å². The van der Waals surface area contributed by atoms with Crippen LogP contribution in [0.25, 0.3) is 0 Å². The Morgan fingerprint density at radius 3 is 2.54 bits per heavy atom. The smallest absolute Gasteiger partial charge is 0.251 e. The van der Waals surface area contributed by atoms with Crippen LogP contribution in [-0.2, 0) is 6.42 Å². The first-order valence-corrected chi connectivity index (χ1v) is 9.05. The number of hydrogen-bond donors (Lipinski definition) is 3. The van der Waals surface area contributed by atoms with Crippen LogP contribution < -0.4 is 16.0 Å². The van der Waals surface area contributed by atoms with Gasteiger partial charge in [0.2, 0.25) is 0 Å². The summed E-state index contributed by atoms with van der Waals surface area (Å²) in [5, 5.41) is 9.44. The number of carbonyl (C=O) groups excluding carboxylic acids is 1. The molecule has 2 rings (SSSR count). The molecule has 0 fully saturated rings. The fourth-order valence-corrected chi connectivity index (χ4v) is 2.36. The minimum Gasteiger partial charge on any atom is -0.357 e. The third-order valence-electron chi connectivity index (χ3n) is 3.67. The molecule has 138 valence electrons. The zero-order chi connectivity index (χ0) is 18.5. The SMILES string of the molecule is CCNC(=NCCCNC(=O)c1ccccc1)NCCc1ccccn1. The zero-order valence-corrected chi connectivity index (χ0v) is 15.2. The summed E-state index contributed by atoms with van der Waals surface area (Å²) in [4.78, 5) is 20.8. The van der Waals surface area contributed by atoms with Gasteiger partial charge in [-0.1, -0.05) is 24.3 Å². The molecule has 0 aliphatic heterocycles. The van der Waals surface area contributed by atoms with E-state index >= 15 is 0 Å². The van der Waals surface area contributed by atoms with Gasteiger partial charge >= 0.3 is 0 Å². The minimum atomic E-state index is -0.0463. The molecule has 0 unspecified atom stereocenters. The lowest BCUT2D eigenvalue weighted by molar-refractivity contribution is 0.0953. The third-order valence-corrected chi connectivity index (χ3v) is 3.67. The Balaban J connectivity index is 1.67. The Labute approximate surface area is 155 Å². The predicted molar refractivity (Wildman–Crippen MR) is 105 cm³/mol. The lowest BCUT2D eigenvalue weighted by Gasteiger charge is -2.11. The number of rotatable bonds is 9. The summed E-state index contributed by atoms with van der Waals surface area (Å²) < 4.78 is 0. The van der Waals surface area contributed by atoms with Crippen molar-refractivity contribution >= 4 is 11.9 Å². The summed E-state index contributed by atoms with van der Waals surface area (Å²) in [6, 6.07) is 15.2. The van der Waals surface area contributed by atoms with Crippen molar-refractivity contribution in [2.75, 3.05) is 26.2 Å². The highest BCUT2D eigenvalue weighted by Crippen LogP contribution is 1.97. The normalized spacial score (nSPS) is 11.0. The molecule has 0 radical (unpaired) electrons. The first kappa shape index (κ1) is 19.4. The molecule has 2 aromatic rings. The highest BCUT2D eigenvalue weighted by Gasteiger charge is 2.03. The first-order chi connectivity index (χ1) is 12.8. The van der Waals surface area contributed by atoms with Crippen LogP contribution in [0.1, 0.15) is 29.4 Å². The standard InChI is InChI=1S/C20H27N5O/c1-2-21-20(25-16-12-18-11-6-7-13-22-18)24-15-8-14-23-19(26)17-9-4-3-5-10-17/h3-7,9-11,13H,2,8,12,14-16H2,1H3,(H,23,26)(H2,21,24,25). The van der Waals surface area contributed by atoms with Crippen molar-refractivity contribution in [3.63, 3.8) is 0 Å². The Hall–Kier alpha value is -2.89. The van der Waals surface area contributed by atoms with Gasteiger partial charge in [0.05, 0.1) is 0 Å². The number of nitrogens with zero attached hydrogens (tertiary/aromatic N) is 2. The van der Waals surface area contributed by atoms with Crippen LogP contribution in [-0.4, -0.2) is 43.0 Å². The van der Waals surface area contributed by atoms with E-state index in [1.165, 1.54) is 0 Å². The Kier molecular flexibility index (Phi) is 8.69. The van der Waals surface area contributed by atoms with Gasteiger partial charge in [-0.05, 0) is 37.6 Å². The van der Waals surface area contributed by atoms with Gasteiger partial charge in [-0.3, -0.25) is 14.8 Å². The molecule has 1 amide bonds. The number of guanidine groups is 1. The third kappa shape index (κ3) is 7.34. The van der Waals surface area contributed by atoms with Crippen molar-refractivity contribution in [3.8, 4) is 0 Å². The van der Waals surface area contributed by atoms with Gasteiger partial charge in [0.1, 0.15) is 0 Å². The van der Waals surface area contributed by atoms with E-state index in [0.29, 0.717) is 18.7 Å². The molecule has 3 N–H and O–H groups in total. The summed E-state index contributed by atoms with van der Waals surface area (Å²) in [5.41, 5.74) is 1.74. The van der Waals surface area contributed by atoms with E-state index < -0.39 is 0 Å². The Morgan fingerprint density at radius 1 is 1.00 bits per heavy atom. The Bertz CT molecular complexity index is 673. The summed E-state index contributed by atoms with van der Waals surface area (Å²) in [6.45, 7) is 4.86. The maximum Gasteiger partial charge on any atom is 0.251 e. The summed E-state index contributed by atoms with van der Waals surface area (Å²) >= 11 is 0. The number of nitrogens with one attached hydrogen (secondary N) is 3.